The van der Waals surface area contributed by atoms with Gasteiger partial charge in [0.05, 0.1) is 6.61 Å². The second kappa shape index (κ2) is 9.30. The van der Waals surface area contributed by atoms with E-state index in [0.717, 1.165) is 25.7 Å². The van der Waals surface area contributed by atoms with Gasteiger partial charge in [-0.2, -0.15) is 0 Å². The van der Waals surface area contributed by atoms with E-state index in [4.69, 9.17) is 14.6 Å². The smallest absolute Gasteiger partial charge is 0.341 e. The van der Waals surface area contributed by atoms with Crippen molar-refractivity contribution >= 4 is 11.9 Å². The fraction of sp³-hybridized carbons (Fsp3) is 0.579. The molecule has 2 atom stereocenters. The summed E-state index contributed by atoms with van der Waals surface area (Å²) in [7, 11) is 0. The Kier molecular flexibility index (Phi) is 7.10. The number of carboxylic acids is 1. The van der Waals surface area contributed by atoms with E-state index < -0.39 is 12.6 Å². The fourth-order valence-electron chi connectivity index (χ4n) is 3.31. The van der Waals surface area contributed by atoms with E-state index in [1.807, 2.05) is 6.92 Å². The zero-order valence-electron chi connectivity index (χ0n) is 14.9. The minimum atomic E-state index is -1.06. The molecular weight excluding hydrogens is 322 g/mol. The highest BCUT2D eigenvalue weighted by atomic mass is 16.5. The molecule has 0 spiro atoms. The minimum absolute atomic E-state index is 0.129. The summed E-state index contributed by atoms with van der Waals surface area (Å²) in [6.07, 6.45) is 5.62. The van der Waals surface area contributed by atoms with Crippen LogP contribution in [0.25, 0.3) is 0 Å². The first-order valence-corrected chi connectivity index (χ1v) is 8.97. The van der Waals surface area contributed by atoms with Gasteiger partial charge in [0.25, 0.3) is 5.91 Å². The molecule has 0 bridgehead atoms. The van der Waals surface area contributed by atoms with E-state index >= 15 is 0 Å². The van der Waals surface area contributed by atoms with Crippen molar-refractivity contribution in [1.82, 2.24) is 5.32 Å². The molecule has 6 nitrogen and oxygen atoms in total. The van der Waals surface area contributed by atoms with Crippen molar-refractivity contribution in [2.75, 3.05) is 13.2 Å². The van der Waals surface area contributed by atoms with Gasteiger partial charge < -0.3 is 19.9 Å². The molecule has 1 fully saturated rings. The van der Waals surface area contributed by atoms with Crippen LogP contribution in [-0.2, 0) is 4.79 Å². The highest BCUT2D eigenvalue weighted by Crippen LogP contribution is 2.30. The molecule has 0 aliphatic heterocycles. The van der Waals surface area contributed by atoms with Gasteiger partial charge in [-0.1, -0.05) is 26.2 Å². The summed E-state index contributed by atoms with van der Waals surface area (Å²) >= 11 is 0. The average molecular weight is 349 g/mol. The predicted octanol–water partition coefficient (Wildman–Crippen LogP) is 3.25. The van der Waals surface area contributed by atoms with Crippen LogP contribution in [0.4, 0.5) is 0 Å². The van der Waals surface area contributed by atoms with Crippen molar-refractivity contribution in [3.05, 3.63) is 23.8 Å². The third-order valence-corrected chi connectivity index (χ3v) is 4.61. The standard InChI is InChI=1S/C19H27NO5/c1-3-13-7-5-6-8-15(13)20-19(23)14-9-10-16(25-12-18(21)22)17(11-14)24-4-2/h9-11,13,15H,3-8,12H2,1-2H3,(H,20,23)(H,21,22). The molecule has 2 N–H and O–H groups in total. The molecule has 2 rings (SSSR count). The molecule has 1 aliphatic rings. The molecule has 1 aromatic carbocycles. The lowest BCUT2D eigenvalue weighted by Crippen LogP contribution is -2.41. The number of ether oxygens (including phenoxy) is 2. The van der Waals surface area contributed by atoms with Gasteiger partial charge in [-0.15, -0.1) is 0 Å². The number of hydrogen-bond donors (Lipinski definition) is 2. The molecule has 25 heavy (non-hydrogen) atoms. The molecule has 0 radical (unpaired) electrons. The topological polar surface area (TPSA) is 84.9 Å². The fourth-order valence-corrected chi connectivity index (χ4v) is 3.31. The van der Waals surface area contributed by atoms with E-state index in [9.17, 15) is 9.59 Å². The summed E-state index contributed by atoms with van der Waals surface area (Å²) in [5, 5.41) is 11.9. The van der Waals surface area contributed by atoms with Crippen LogP contribution in [0.2, 0.25) is 0 Å². The van der Waals surface area contributed by atoms with Crippen molar-refractivity contribution < 1.29 is 24.2 Å². The SMILES string of the molecule is CCOc1cc(C(=O)NC2CCCCC2CC)ccc1OCC(=O)O. The van der Waals surface area contributed by atoms with Crippen LogP contribution in [0.3, 0.4) is 0 Å². The maximum Gasteiger partial charge on any atom is 0.341 e. The number of amides is 1. The molecule has 0 saturated heterocycles. The minimum Gasteiger partial charge on any atom is -0.490 e. The van der Waals surface area contributed by atoms with Gasteiger partial charge in [0.2, 0.25) is 0 Å². The summed E-state index contributed by atoms with van der Waals surface area (Å²) in [6, 6.07) is 5.05. The first-order chi connectivity index (χ1) is 12.0. The Morgan fingerprint density at radius 2 is 1.92 bits per heavy atom. The van der Waals surface area contributed by atoms with Gasteiger partial charge in [-0.25, -0.2) is 4.79 Å². The first kappa shape index (κ1) is 19.1. The number of hydrogen-bond acceptors (Lipinski definition) is 4. The van der Waals surface area contributed by atoms with E-state index in [1.54, 1.807) is 18.2 Å². The Morgan fingerprint density at radius 1 is 1.16 bits per heavy atom. The number of carbonyl (C=O) groups is 2. The van der Waals surface area contributed by atoms with Gasteiger partial charge in [0.15, 0.2) is 18.1 Å². The molecule has 0 heterocycles. The number of benzene rings is 1. The Bertz CT molecular complexity index is 601. The summed E-state index contributed by atoms with van der Waals surface area (Å²) in [5.41, 5.74) is 0.492. The van der Waals surface area contributed by atoms with E-state index in [0.29, 0.717) is 29.6 Å². The summed E-state index contributed by atoms with van der Waals surface area (Å²) in [6.45, 7) is 3.93. The second-order valence-corrected chi connectivity index (χ2v) is 6.31. The van der Waals surface area contributed by atoms with Crippen molar-refractivity contribution in [2.24, 2.45) is 5.92 Å². The Labute approximate surface area is 148 Å². The van der Waals surface area contributed by atoms with E-state index in [1.165, 1.54) is 6.42 Å². The molecule has 1 aromatic rings. The van der Waals surface area contributed by atoms with Gasteiger partial charge >= 0.3 is 5.97 Å². The summed E-state index contributed by atoms with van der Waals surface area (Å²) < 4.78 is 10.7. The highest BCUT2D eigenvalue weighted by molar-refractivity contribution is 5.95. The number of carbonyl (C=O) groups excluding carboxylic acids is 1. The predicted molar refractivity (Wildman–Crippen MR) is 94.2 cm³/mol. The van der Waals surface area contributed by atoms with Crippen LogP contribution in [0, 0.1) is 5.92 Å². The largest absolute Gasteiger partial charge is 0.490 e. The van der Waals surface area contributed by atoms with E-state index in [-0.39, 0.29) is 11.9 Å². The molecule has 1 saturated carbocycles. The first-order valence-electron chi connectivity index (χ1n) is 8.97. The summed E-state index contributed by atoms with van der Waals surface area (Å²) in [5.74, 6) is 0.0440. The maximum atomic E-state index is 12.6. The molecule has 1 aliphatic carbocycles. The molecular formula is C19H27NO5. The lowest BCUT2D eigenvalue weighted by Gasteiger charge is -2.31. The Balaban J connectivity index is 2.10. The van der Waals surface area contributed by atoms with Crippen molar-refractivity contribution in [3.63, 3.8) is 0 Å². The van der Waals surface area contributed by atoms with E-state index in [2.05, 4.69) is 12.2 Å². The molecule has 138 valence electrons. The highest BCUT2D eigenvalue weighted by Gasteiger charge is 2.25. The number of aliphatic carboxylic acids is 1. The van der Waals surface area contributed by atoms with Gasteiger partial charge in [-0.05, 0) is 43.9 Å². The summed E-state index contributed by atoms with van der Waals surface area (Å²) in [4.78, 5) is 23.3. The Hall–Kier alpha value is -2.24. The molecule has 2 unspecified atom stereocenters. The van der Waals surface area contributed by atoms with Crippen LogP contribution < -0.4 is 14.8 Å². The van der Waals surface area contributed by atoms with Crippen LogP contribution in [-0.4, -0.2) is 36.2 Å². The second-order valence-electron chi connectivity index (χ2n) is 6.31. The van der Waals surface area contributed by atoms with Crippen LogP contribution in [0.1, 0.15) is 56.3 Å². The zero-order chi connectivity index (χ0) is 18.2. The lowest BCUT2D eigenvalue weighted by atomic mass is 9.83. The number of carboxylic acid groups (broad SMARTS) is 1. The molecule has 6 heteroatoms. The average Bonchev–Trinajstić information content (AvgIpc) is 2.61. The van der Waals surface area contributed by atoms with Crippen molar-refractivity contribution in [1.29, 1.82) is 0 Å². The van der Waals surface area contributed by atoms with Crippen LogP contribution in [0.5, 0.6) is 11.5 Å². The molecule has 0 aromatic heterocycles. The lowest BCUT2D eigenvalue weighted by molar-refractivity contribution is -0.139. The van der Waals surface area contributed by atoms with Gasteiger partial charge in [-0.3, -0.25) is 4.79 Å². The third kappa shape index (κ3) is 5.37. The maximum absolute atomic E-state index is 12.6. The normalized spacial score (nSPS) is 19.9. The third-order valence-electron chi connectivity index (χ3n) is 4.61. The quantitative estimate of drug-likeness (QED) is 0.752. The van der Waals surface area contributed by atoms with Crippen LogP contribution >= 0.6 is 0 Å². The zero-order valence-corrected chi connectivity index (χ0v) is 14.9. The Morgan fingerprint density at radius 3 is 2.60 bits per heavy atom. The monoisotopic (exact) mass is 349 g/mol. The number of nitrogens with one attached hydrogen (secondary N) is 1. The number of rotatable bonds is 8. The van der Waals surface area contributed by atoms with Crippen molar-refractivity contribution in [2.45, 2.75) is 52.0 Å². The molecule has 1 amide bonds. The van der Waals surface area contributed by atoms with Crippen molar-refractivity contribution in [3.8, 4) is 11.5 Å². The van der Waals surface area contributed by atoms with Gasteiger partial charge in [0, 0.05) is 11.6 Å². The van der Waals surface area contributed by atoms with Gasteiger partial charge in [0.1, 0.15) is 0 Å². The van der Waals surface area contributed by atoms with Crippen LogP contribution in [0.15, 0.2) is 18.2 Å².